The summed E-state index contributed by atoms with van der Waals surface area (Å²) in [5.41, 5.74) is 2.48. The summed E-state index contributed by atoms with van der Waals surface area (Å²) < 4.78 is 5.13. The summed E-state index contributed by atoms with van der Waals surface area (Å²) in [6.45, 7) is 9.03. The molecule has 27 heavy (non-hydrogen) atoms. The number of hydrogen-bond donors (Lipinski definition) is 3. The Kier molecular flexibility index (Phi) is 7.61. The molecule has 1 atom stereocenters. The lowest BCUT2D eigenvalue weighted by Gasteiger charge is -2.20. The topological polar surface area (TPSA) is 88.0 Å². The third-order valence-electron chi connectivity index (χ3n) is 4.52. The van der Waals surface area contributed by atoms with Gasteiger partial charge in [0, 0.05) is 11.5 Å². The minimum atomic E-state index is -0.521. The zero-order chi connectivity index (χ0) is 19.8. The monoisotopic (exact) mass is 372 g/mol. The number of benzene rings is 1. The fraction of sp³-hybridized carbons (Fsp3) is 0.429. The maximum atomic E-state index is 12.1. The number of furan rings is 1. The highest BCUT2D eigenvalue weighted by Gasteiger charge is 2.21. The van der Waals surface area contributed by atoms with Gasteiger partial charge < -0.3 is 15.1 Å². The molecule has 0 spiro atoms. The van der Waals surface area contributed by atoms with Crippen molar-refractivity contribution in [3.63, 3.8) is 0 Å². The predicted molar refractivity (Wildman–Crippen MR) is 104 cm³/mol. The number of nitrogens with one attached hydrogen (secondary N) is 2. The lowest BCUT2D eigenvalue weighted by Crippen LogP contribution is -2.88. The Labute approximate surface area is 160 Å². The Balaban J connectivity index is 1.83. The van der Waals surface area contributed by atoms with Crippen molar-refractivity contribution in [2.45, 2.75) is 46.2 Å². The molecular weight excluding hydrogens is 342 g/mol. The van der Waals surface area contributed by atoms with Crippen LogP contribution in [0.5, 0.6) is 0 Å². The maximum absolute atomic E-state index is 12.1. The van der Waals surface area contributed by atoms with Crippen molar-refractivity contribution in [1.82, 2.24) is 10.6 Å². The van der Waals surface area contributed by atoms with E-state index in [-0.39, 0.29) is 25.0 Å². The van der Waals surface area contributed by atoms with Gasteiger partial charge in [-0.2, -0.15) is 0 Å². The fourth-order valence-electron chi connectivity index (χ4n) is 2.93. The average Bonchev–Trinajstić information content (AvgIpc) is 3.14. The molecule has 4 N–H and O–H groups in total. The van der Waals surface area contributed by atoms with E-state index < -0.39 is 6.03 Å². The van der Waals surface area contributed by atoms with Crippen molar-refractivity contribution in [2.24, 2.45) is 5.92 Å². The molecule has 0 bridgehead atoms. The van der Waals surface area contributed by atoms with Gasteiger partial charge in [0.2, 0.25) is 0 Å². The van der Waals surface area contributed by atoms with Gasteiger partial charge in [0.05, 0.1) is 12.8 Å². The van der Waals surface area contributed by atoms with Crippen LogP contribution >= 0.6 is 0 Å². The molecular formula is C21H30N3O3+. The lowest BCUT2D eigenvalue weighted by molar-refractivity contribution is -0.692. The number of imide groups is 1. The van der Waals surface area contributed by atoms with Crippen LogP contribution < -0.4 is 16.0 Å². The molecule has 1 heterocycles. The lowest BCUT2D eigenvalue weighted by atomic mass is 9.93. The Bertz CT molecular complexity index is 722. The van der Waals surface area contributed by atoms with Gasteiger partial charge in [-0.25, -0.2) is 4.79 Å². The molecule has 0 aliphatic carbocycles. The van der Waals surface area contributed by atoms with Crippen LogP contribution in [0, 0.1) is 5.92 Å². The number of urea groups is 1. The number of nitrogens with two attached hydrogens (primary N) is 1. The first-order valence-electron chi connectivity index (χ1n) is 9.40. The van der Waals surface area contributed by atoms with Gasteiger partial charge in [-0.1, -0.05) is 52.0 Å². The van der Waals surface area contributed by atoms with Crippen molar-refractivity contribution in [3.8, 4) is 0 Å². The number of carbonyl (C=O) groups excluding carboxylic acids is 2. The molecule has 1 aromatic heterocycles. The summed E-state index contributed by atoms with van der Waals surface area (Å²) in [6.07, 6.45) is 1.54. The summed E-state index contributed by atoms with van der Waals surface area (Å²) in [4.78, 5) is 23.9. The van der Waals surface area contributed by atoms with E-state index >= 15 is 0 Å². The highest BCUT2D eigenvalue weighted by atomic mass is 16.3. The summed E-state index contributed by atoms with van der Waals surface area (Å²) in [5, 5.41) is 6.92. The molecule has 0 saturated heterocycles. The number of hydrogen-bond acceptors (Lipinski definition) is 3. The zero-order valence-corrected chi connectivity index (χ0v) is 16.5. The van der Waals surface area contributed by atoms with Crippen LogP contribution in [0.4, 0.5) is 4.79 Å². The predicted octanol–water partition coefficient (Wildman–Crippen LogP) is 2.69. The van der Waals surface area contributed by atoms with Crippen LogP contribution in [0.3, 0.4) is 0 Å². The summed E-state index contributed by atoms with van der Waals surface area (Å²) in [5.74, 6) is 1.16. The molecule has 1 aromatic carbocycles. The van der Waals surface area contributed by atoms with Gasteiger partial charge in [0.15, 0.2) is 6.54 Å². The highest BCUT2D eigenvalue weighted by Crippen LogP contribution is 2.21. The van der Waals surface area contributed by atoms with Crippen molar-refractivity contribution < 1.29 is 19.3 Å². The number of rotatable bonds is 8. The van der Waals surface area contributed by atoms with E-state index in [1.807, 2.05) is 5.32 Å². The van der Waals surface area contributed by atoms with E-state index in [1.165, 1.54) is 17.4 Å². The smallest absolute Gasteiger partial charge is 0.321 e. The van der Waals surface area contributed by atoms with E-state index in [0.29, 0.717) is 17.6 Å². The molecule has 0 fully saturated rings. The van der Waals surface area contributed by atoms with Crippen LogP contribution in [-0.4, -0.2) is 18.5 Å². The molecule has 0 aliphatic rings. The van der Waals surface area contributed by atoms with E-state index in [9.17, 15) is 9.59 Å². The molecule has 0 saturated carbocycles. The van der Waals surface area contributed by atoms with Gasteiger partial charge in [0.1, 0.15) is 11.8 Å². The Morgan fingerprint density at radius 1 is 1.04 bits per heavy atom. The Hall–Kier alpha value is -2.60. The normalized spacial score (nSPS) is 12.2. The van der Waals surface area contributed by atoms with E-state index in [2.05, 4.69) is 62.6 Å². The Morgan fingerprint density at radius 3 is 2.26 bits per heavy atom. The van der Waals surface area contributed by atoms with E-state index in [1.54, 1.807) is 12.1 Å². The van der Waals surface area contributed by atoms with Gasteiger partial charge in [-0.05, 0) is 23.6 Å². The SMILES string of the molecule is CC(C)c1ccc([C@@H]([NH2+]CC(=O)NC(=O)NCc2ccco2)C(C)C)cc1. The second kappa shape index (κ2) is 9.92. The second-order valence-corrected chi connectivity index (χ2v) is 7.34. The standard InChI is InChI=1S/C21H29N3O3/c1-14(2)16-7-9-17(10-8-16)20(15(3)4)22-13-19(25)24-21(26)23-12-18-6-5-11-27-18/h5-11,14-15,20,22H,12-13H2,1-4H3,(H2,23,24,25,26)/p+1/t20-/m0/s1. The molecule has 2 aromatic rings. The molecule has 0 aliphatic heterocycles. The van der Waals surface area contributed by atoms with Crippen molar-refractivity contribution in [1.29, 1.82) is 0 Å². The van der Waals surface area contributed by atoms with Gasteiger partial charge in [0.25, 0.3) is 5.91 Å². The first-order chi connectivity index (χ1) is 12.9. The van der Waals surface area contributed by atoms with Crippen LogP contribution in [-0.2, 0) is 11.3 Å². The quantitative estimate of drug-likeness (QED) is 0.666. The van der Waals surface area contributed by atoms with Crippen LogP contribution in [0.2, 0.25) is 0 Å². The summed E-state index contributed by atoms with van der Waals surface area (Å²) in [7, 11) is 0. The molecule has 146 valence electrons. The van der Waals surface area contributed by atoms with Crippen molar-refractivity contribution >= 4 is 11.9 Å². The van der Waals surface area contributed by atoms with Crippen molar-refractivity contribution in [2.75, 3.05) is 6.54 Å². The highest BCUT2D eigenvalue weighted by molar-refractivity contribution is 5.94. The van der Waals surface area contributed by atoms with Crippen LogP contribution in [0.15, 0.2) is 47.1 Å². The summed E-state index contributed by atoms with van der Waals surface area (Å²) in [6, 6.07) is 11.7. The fourth-order valence-corrected chi connectivity index (χ4v) is 2.93. The van der Waals surface area contributed by atoms with Crippen LogP contribution in [0.25, 0.3) is 0 Å². The van der Waals surface area contributed by atoms with Gasteiger partial charge in [-0.15, -0.1) is 0 Å². The minimum absolute atomic E-state index is 0.156. The molecule has 2 rings (SSSR count). The van der Waals surface area contributed by atoms with Crippen LogP contribution in [0.1, 0.15) is 56.5 Å². The largest absolute Gasteiger partial charge is 0.467 e. The first kappa shape index (κ1) is 20.7. The van der Waals surface area contributed by atoms with Gasteiger partial charge in [-0.3, -0.25) is 10.1 Å². The summed E-state index contributed by atoms with van der Waals surface area (Å²) >= 11 is 0. The Morgan fingerprint density at radius 2 is 1.70 bits per heavy atom. The first-order valence-corrected chi connectivity index (χ1v) is 9.40. The average molecular weight is 372 g/mol. The second-order valence-electron chi connectivity index (χ2n) is 7.34. The molecule has 6 heteroatoms. The van der Waals surface area contributed by atoms with E-state index in [4.69, 9.17) is 4.42 Å². The number of carbonyl (C=O) groups is 2. The van der Waals surface area contributed by atoms with Gasteiger partial charge >= 0.3 is 6.03 Å². The molecule has 0 unspecified atom stereocenters. The zero-order valence-electron chi connectivity index (χ0n) is 16.5. The van der Waals surface area contributed by atoms with Crippen molar-refractivity contribution in [3.05, 3.63) is 59.5 Å². The number of amides is 3. The molecule has 0 radical (unpaired) electrons. The number of quaternary nitrogens is 1. The third-order valence-corrected chi connectivity index (χ3v) is 4.52. The third kappa shape index (κ3) is 6.57. The van der Waals surface area contributed by atoms with E-state index in [0.717, 1.165) is 0 Å². The molecule has 6 nitrogen and oxygen atoms in total. The maximum Gasteiger partial charge on any atom is 0.321 e. The minimum Gasteiger partial charge on any atom is -0.467 e. The molecule has 3 amide bonds.